The summed E-state index contributed by atoms with van der Waals surface area (Å²) in [6, 6.07) is 10.6. The fourth-order valence-electron chi connectivity index (χ4n) is 4.87. The highest BCUT2D eigenvalue weighted by atomic mass is 35.5. The monoisotopic (exact) mass is 443 g/mol. The third-order valence-corrected chi connectivity index (χ3v) is 7.15. The number of rotatable bonds is 5. The summed E-state index contributed by atoms with van der Waals surface area (Å²) in [6.45, 7) is 2.38. The highest BCUT2D eigenvalue weighted by Gasteiger charge is 2.48. The first-order chi connectivity index (χ1) is 14.9. The Bertz CT molecular complexity index is 1030. The largest absolute Gasteiger partial charge is 0.509 e. The van der Waals surface area contributed by atoms with E-state index in [9.17, 15) is 9.90 Å². The van der Waals surface area contributed by atoms with Gasteiger partial charge in [-0.15, -0.1) is 0 Å². The van der Waals surface area contributed by atoms with Gasteiger partial charge in [-0.2, -0.15) is 0 Å². The van der Waals surface area contributed by atoms with Gasteiger partial charge >= 0.3 is 0 Å². The molecule has 1 aliphatic heterocycles. The second-order valence-corrected chi connectivity index (χ2v) is 8.98. The number of carbonyl (C=O) groups is 1. The van der Waals surface area contributed by atoms with E-state index in [0.717, 1.165) is 19.3 Å². The van der Waals surface area contributed by atoms with Crippen molar-refractivity contribution in [3.63, 3.8) is 0 Å². The Morgan fingerprint density at radius 1 is 1.26 bits per heavy atom. The van der Waals surface area contributed by atoms with E-state index in [4.69, 9.17) is 16.3 Å². The molecule has 2 aromatic carbocycles. The summed E-state index contributed by atoms with van der Waals surface area (Å²) in [6.07, 6.45) is 3.94. The van der Waals surface area contributed by atoms with Crippen molar-refractivity contribution in [2.75, 3.05) is 13.7 Å². The van der Waals surface area contributed by atoms with E-state index < -0.39 is 17.3 Å². The smallest absolute Gasteiger partial charge is 0.256 e. The Labute approximate surface area is 187 Å². The van der Waals surface area contributed by atoms with Crippen molar-refractivity contribution >= 4 is 23.1 Å². The van der Waals surface area contributed by atoms with E-state index in [1.165, 1.54) is 0 Å². The lowest BCUT2D eigenvalue weighted by molar-refractivity contribution is -0.116. The molecule has 1 aliphatic carbocycles. The first-order valence-electron chi connectivity index (χ1n) is 10.7. The van der Waals surface area contributed by atoms with Crippen LogP contribution < -0.4 is 5.32 Å². The van der Waals surface area contributed by atoms with Crippen LogP contribution in [-0.4, -0.2) is 30.3 Å². The van der Waals surface area contributed by atoms with Gasteiger partial charge in [0.05, 0.1) is 11.1 Å². The van der Waals surface area contributed by atoms with Gasteiger partial charge in [0.15, 0.2) is 0 Å². The van der Waals surface area contributed by atoms with Gasteiger partial charge in [-0.1, -0.05) is 41.9 Å². The molecule has 31 heavy (non-hydrogen) atoms. The second-order valence-electron chi connectivity index (χ2n) is 8.57. The van der Waals surface area contributed by atoms with Crippen molar-refractivity contribution in [3.05, 3.63) is 64.1 Å². The van der Waals surface area contributed by atoms with Gasteiger partial charge in [0.25, 0.3) is 5.91 Å². The van der Waals surface area contributed by atoms with Crippen molar-refractivity contribution in [2.24, 2.45) is 5.92 Å². The van der Waals surface area contributed by atoms with Crippen LogP contribution >= 0.6 is 11.6 Å². The quantitative estimate of drug-likeness (QED) is 0.612. The Hall–Kier alpha value is -2.37. The Morgan fingerprint density at radius 2 is 1.94 bits per heavy atom. The van der Waals surface area contributed by atoms with E-state index in [1.54, 1.807) is 32.2 Å². The lowest BCUT2D eigenvalue weighted by Gasteiger charge is -2.37. The van der Waals surface area contributed by atoms with Gasteiger partial charge in [-0.25, -0.2) is 4.39 Å². The van der Waals surface area contributed by atoms with Gasteiger partial charge in [0.1, 0.15) is 11.6 Å². The molecule has 1 spiro atoms. The number of ether oxygens (including phenoxy) is 1. The first kappa shape index (κ1) is 21.8. The Morgan fingerprint density at radius 3 is 2.58 bits per heavy atom. The number of hydrogen-bond acceptors (Lipinski definition) is 3. The van der Waals surface area contributed by atoms with Crippen LogP contribution in [0.4, 0.5) is 4.39 Å². The lowest BCUT2D eigenvalue weighted by atomic mass is 9.74. The molecular formula is C25H27ClFNO3. The average molecular weight is 444 g/mol. The fourth-order valence-corrected chi connectivity index (χ4v) is 5.07. The van der Waals surface area contributed by atoms with Crippen molar-refractivity contribution in [2.45, 2.75) is 44.6 Å². The van der Waals surface area contributed by atoms with Gasteiger partial charge in [0.2, 0.25) is 0 Å². The van der Waals surface area contributed by atoms with Gasteiger partial charge in [-0.3, -0.25) is 4.79 Å². The maximum absolute atomic E-state index is 15.8. The molecule has 0 unspecified atom stereocenters. The molecule has 2 N–H and O–H groups in total. The number of amides is 1. The molecule has 6 heteroatoms. The molecule has 0 bridgehead atoms. The molecule has 0 atom stereocenters. The molecule has 2 aromatic rings. The minimum absolute atomic E-state index is 0.00465. The molecule has 4 rings (SSSR count). The summed E-state index contributed by atoms with van der Waals surface area (Å²) < 4.78 is 20.9. The van der Waals surface area contributed by atoms with Crippen LogP contribution in [0.25, 0.3) is 16.7 Å². The molecule has 0 saturated heterocycles. The Balaban J connectivity index is 1.76. The fraction of sp³-hybridized carbons (Fsp3) is 0.400. The highest BCUT2D eigenvalue weighted by molar-refractivity contribution is 6.33. The molecule has 1 saturated carbocycles. The molecule has 1 heterocycles. The highest BCUT2D eigenvalue weighted by Crippen LogP contribution is 2.46. The molecule has 0 aromatic heterocycles. The summed E-state index contributed by atoms with van der Waals surface area (Å²) in [5.74, 6) is -0.564. The van der Waals surface area contributed by atoms with Crippen molar-refractivity contribution < 1.29 is 19.0 Å². The van der Waals surface area contributed by atoms with Crippen molar-refractivity contribution in [1.29, 1.82) is 0 Å². The van der Waals surface area contributed by atoms with Crippen molar-refractivity contribution in [3.8, 4) is 11.1 Å². The van der Waals surface area contributed by atoms with Crippen LogP contribution in [0.3, 0.4) is 0 Å². The molecule has 164 valence electrons. The average Bonchev–Trinajstić information content (AvgIpc) is 3.01. The summed E-state index contributed by atoms with van der Waals surface area (Å²) in [4.78, 5) is 13.0. The first-order valence-corrected chi connectivity index (χ1v) is 11.1. The van der Waals surface area contributed by atoms with Gasteiger partial charge in [-0.05, 0) is 62.1 Å². The van der Waals surface area contributed by atoms with E-state index in [0.29, 0.717) is 47.1 Å². The zero-order valence-electron chi connectivity index (χ0n) is 17.8. The SMILES string of the molecule is COCCC1CCC2(CC1)NC(=O)C(c1c(C)c(Cl)cc(-c3ccccc3)c1F)=C2O. The third kappa shape index (κ3) is 3.85. The normalized spacial score (nSPS) is 23.5. The van der Waals surface area contributed by atoms with Crippen LogP contribution in [-0.2, 0) is 9.53 Å². The van der Waals surface area contributed by atoms with Gasteiger partial charge in [0, 0.05) is 29.9 Å². The number of carbonyl (C=O) groups excluding carboxylic acids is 1. The summed E-state index contributed by atoms with van der Waals surface area (Å²) in [7, 11) is 1.69. The number of benzene rings is 2. The molecular weight excluding hydrogens is 417 g/mol. The molecule has 2 aliphatic rings. The predicted molar refractivity (Wildman–Crippen MR) is 120 cm³/mol. The summed E-state index contributed by atoms with van der Waals surface area (Å²) in [5.41, 5.74) is 0.675. The van der Waals surface area contributed by atoms with Crippen LogP contribution in [0, 0.1) is 18.7 Å². The molecule has 4 nitrogen and oxygen atoms in total. The van der Waals surface area contributed by atoms with Crippen LogP contribution in [0.5, 0.6) is 0 Å². The minimum atomic E-state index is -0.829. The van der Waals surface area contributed by atoms with Crippen molar-refractivity contribution in [1.82, 2.24) is 5.32 Å². The maximum Gasteiger partial charge on any atom is 0.256 e. The number of aliphatic hydroxyl groups excluding tert-OH is 1. The standard InChI is InChI=1S/C25H27ClFNO3/c1-15-19(26)14-18(17-6-4-3-5-7-17)22(27)20(15)21-23(29)25(28-24(21)30)11-8-16(9-12-25)10-13-31-2/h3-7,14,16,29H,8-13H2,1-2H3,(H,28,30). The zero-order chi connectivity index (χ0) is 22.2. The number of hydrogen-bond donors (Lipinski definition) is 2. The predicted octanol–water partition coefficient (Wildman–Crippen LogP) is 5.82. The lowest BCUT2D eigenvalue weighted by Crippen LogP contribution is -2.47. The van der Waals surface area contributed by atoms with Crippen LogP contribution in [0.15, 0.2) is 42.2 Å². The zero-order valence-corrected chi connectivity index (χ0v) is 18.6. The number of methoxy groups -OCH3 is 1. The molecule has 1 amide bonds. The number of nitrogens with one attached hydrogen (secondary N) is 1. The maximum atomic E-state index is 15.8. The molecule has 0 radical (unpaired) electrons. The third-order valence-electron chi connectivity index (χ3n) is 6.75. The number of aliphatic hydroxyl groups is 1. The van der Waals surface area contributed by atoms with E-state index in [-0.39, 0.29) is 16.9 Å². The van der Waals surface area contributed by atoms with Crippen LogP contribution in [0.2, 0.25) is 5.02 Å². The summed E-state index contributed by atoms with van der Waals surface area (Å²) in [5, 5.41) is 14.5. The molecule has 1 fully saturated rings. The summed E-state index contributed by atoms with van der Waals surface area (Å²) >= 11 is 6.45. The van der Waals surface area contributed by atoms with E-state index in [2.05, 4.69) is 5.32 Å². The van der Waals surface area contributed by atoms with Crippen LogP contribution in [0.1, 0.15) is 43.2 Å². The van der Waals surface area contributed by atoms with E-state index >= 15 is 4.39 Å². The second kappa shape index (κ2) is 8.64. The minimum Gasteiger partial charge on any atom is -0.509 e. The number of halogens is 2. The topological polar surface area (TPSA) is 58.6 Å². The van der Waals surface area contributed by atoms with Gasteiger partial charge < -0.3 is 15.2 Å². The Kier molecular flexibility index (Phi) is 6.09. The van der Waals surface area contributed by atoms with E-state index in [1.807, 2.05) is 18.2 Å².